The quantitative estimate of drug-likeness (QED) is 0.0671. The van der Waals surface area contributed by atoms with E-state index in [4.69, 9.17) is 25.9 Å². The molecule has 3 N–H and O–H groups in total. The molecule has 0 fully saturated rings. The van der Waals surface area contributed by atoms with Gasteiger partial charge in [0.15, 0.2) is 11.6 Å². The van der Waals surface area contributed by atoms with Crippen molar-refractivity contribution in [3.05, 3.63) is 179 Å². The third-order valence-corrected chi connectivity index (χ3v) is 9.98. The lowest BCUT2D eigenvalue weighted by Gasteiger charge is -2.12. The molecule has 15 nitrogen and oxygen atoms in total. The maximum atomic E-state index is 14.5. The van der Waals surface area contributed by atoms with E-state index in [0.717, 1.165) is 28.3 Å². The summed E-state index contributed by atoms with van der Waals surface area (Å²) in [6, 6.07) is 28.4. The van der Waals surface area contributed by atoms with Gasteiger partial charge in [0, 0.05) is 28.6 Å². The predicted molar refractivity (Wildman–Crippen MR) is 227 cm³/mol. The Hall–Kier alpha value is -7.18. The number of nitrogens with zero attached hydrogens (tertiary/aromatic N) is 6. The Morgan fingerprint density at radius 3 is 1.89 bits per heavy atom. The van der Waals surface area contributed by atoms with Gasteiger partial charge in [0.25, 0.3) is 9.05 Å². The number of esters is 2. The summed E-state index contributed by atoms with van der Waals surface area (Å²) in [5.74, 6) is -1.65. The van der Waals surface area contributed by atoms with Crippen LogP contribution >= 0.6 is 10.7 Å². The lowest BCUT2D eigenvalue weighted by atomic mass is 10.1. The first-order chi connectivity index (χ1) is 29.7. The summed E-state index contributed by atoms with van der Waals surface area (Å²) in [6.45, 7) is 3.16. The van der Waals surface area contributed by atoms with Crippen LogP contribution in [-0.2, 0) is 44.8 Å². The van der Waals surface area contributed by atoms with Crippen molar-refractivity contribution in [2.45, 2.75) is 38.1 Å². The number of aryl methyl sites for hydroxylation is 1. The van der Waals surface area contributed by atoms with Crippen LogP contribution in [0.3, 0.4) is 0 Å². The van der Waals surface area contributed by atoms with Crippen LogP contribution in [0.2, 0.25) is 0 Å². The highest BCUT2D eigenvalue weighted by molar-refractivity contribution is 8.13. The number of hydrogen-bond donors (Lipinski definition) is 2. The minimum Gasteiger partial charge on any atom is -0.486 e. The van der Waals surface area contributed by atoms with E-state index in [1.807, 2.05) is 36.4 Å². The molecule has 0 saturated heterocycles. The maximum Gasteiger partial charge on any atom is 0.337 e. The Morgan fingerprint density at radius 2 is 1.34 bits per heavy atom. The highest BCUT2D eigenvalue weighted by Crippen LogP contribution is 2.23. The Morgan fingerprint density at radius 1 is 0.726 bits per heavy atom. The van der Waals surface area contributed by atoms with Crippen LogP contribution in [0.15, 0.2) is 133 Å². The van der Waals surface area contributed by atoms with Gasteiger partial charge in [-0.05, 0) is 95.4 Å². The van der Waals surface area contributed by atoms with E-state index in [2.05, 4.69) is 30.2 Å². The first kappa shape index (κ1) is 45.9. The monoisotopic (exact) mass is 886 g/mol. The topological polar surface area (TPSA) is 195 Å². The van der Waals surface area contributed by atoms with E-state index < -0.39 is 32.6 Å². The number of nitrogens with two attached hydrogens (primary N) is 1. The van der Waals surface area contributed by atoms with Crippen molar-refractivity contribution in [2.75, 3.05) is 25.3 Å². The van der Waals surface area contributed by atoms with E-state index >= 15 is 0 Å². The fourth-order valence-electron chi connectivity index (χ4n) is 5.61. The van der Waals surface area contributed by atoms with Gasteiger partial charge in [0.1, 0.15) is 37.7 Å². The second-order valence-corrected chi connectivity index (χ2v) is 15.9. The molecule has 0 spiro atoms. The fraction of sp³-hybridized carbons (Fsp3) is 0.163. The number of anilines is 2. The lowest BCUT2D eigenvalue weighted by molar-refractivity contribution is 0.0592. The molecule has 19 heteroatoms. The molecule has 322 valence electrons. The van der Waals surface area contributed by atoms with Crippen molar-refractivity contribution >= 4 is 43.0 Å². The van der Waals surface area contributed by atoms with E-state index in [9.17, 15) is 26.8 Å². The number of carbonyl (C=O) groups excluding carboxylic acids is 2. The van der Waals surface area contributed by atoms with Crippen molar-refractivity contribution in [3.8, 4) is 5.75 Å². The molecule has 0 bridgehead atoms. The number of rotatable bonds is 13. The Bertz CT molecular complexity index is 2690. The van der Waals surface area contributed by atoms with Gasteiger partial charge >= 0.3 is 11.9 Å². The summed E-state index contributed by atoms with van der Waals surface area (Å²) in [6.07, 6.45) is 6.10. The van der Waals surface area contributed by atoms with Gasteiger partial charge in [0.05, 0.1) is 43.3 Å². The van der Waals surface area contributed by atoms with Crippen LogP contribution in [0.5, 0.6) is 5.75 Å². The van der Waals surface area contributed by atoms with Gasteiger partial charge in [-0.15, -0.1) is 0 Å². The second-order valence-electron chi connectivity index (χ2n) is 13.3. The maximum absolute atomic E-state index is 14.5. The average Bonchev–Trinajstić information content (AvgIpc) is 3.98. The van der Waals surface area contributed by atoms with Crippen LogP contribution in [-0.4, -0.2) is 64.1 Å². The number of halogens is 3. The highest BCUT2D eigenvalue weighted by Gasteiger charge is 2.13. The molecular formula is C43H41ClF2N8O7S. The first-order valence-corrected chi connectivity index (χ1v) is 20.8. The molecule has 2 heterocycles. The van der Waals surface area contributed by atoms with Crippen molar-refractivity contribution in [1.29, 1.82) is 0 Å². The van der Waals surface area contributed by atoms with Crippen LogP contribution in [0.4, 0.5) is 20.2 Å². The molecule has 0 aliphatic heterocycles. The largest absolute Gasteiger partial charge is 0.486 e. The number of hydrogen-bond acceptors (Lipinski definition) is 13. The predicted octanol–water partition coefficient (Wildman–Crippen LogP) is 7.20. The summed E-state index contributed by atoms with van der Waals surface area (Å²) in [7, 11) is 3.85. The molecule has 0 unspecified atom stereocenters. The molecule has 0 atom stereocenters. The number of ether oxygens (including phenoxy) is 3. The molecular weight excluding hydrogens is 846 g/mol. The van der Waals surface area contributed by atoms with E-state index in [1.165, 1.54) is 45.1 Å². The van der Waals surface area contributed by atoms with Crippen LogP contribution in [0, 0.1) is 18.6 Å². The standard InChI is InChI=1S/C25H23FN4O3.C11H12N4O2.C7H6ClFO2S/c1-32-25(31)21-9-20(14-30-17-27-16-29-30)10-22(12-21)28-13-19-7-8-24(23(26)11-19)33-15-18-5-3-2-4-6-18;1-17-11(16)9-2-8(3-10(12)4-9)5-15-7-13-6-14-15;1-5-2-3-6(4-7(5)9)12(8,10)11/h2-12,16-17,28H,13-15H2,1H3;2-4,6-7H,5,12H2,1H3;2-4H,1H3. The zero-order valence-corrected chi connectivity index (χ0v) is 35.2. The summed E-state index contributed by atoms with van der Waals surface area (Å²) in [5, 5.41) is 11.3. The number of carbonyl (C=O) groups is 2. The molecule has 2 aromatic heterocycles. The normalized spacial score (nSPS) is 10.7. The zero-order chi connectivity index (χ0) is 44.6. The zero-order valence-electron chi connectivity index (χ0n) is 33.6. The van der Waals surface area contributed by atoms with Gasteiger partial charge in [0.2, 0.25) is 0 Å². The Labute approximate surface area is 360 Å². The third kappa shape index (κ3) is 14.0. The summed E-state index contributed by atoms with van der Waals surface area (Å²) >= 11 is 0. The van der Waals surface area contributed by atoms with Gasteiger partial charge in [-0.1, -0.05) is 42.5 Å². The molecule has 0 amide bonds. The molecule has 0 aliphatic rings. The molecule has 7 rings (SSSR count). The smallest absolute Gasteiger partial charge is 0.337 e. The van der Waals surface area contributed by atoms with Gasteiger partial charge in [-0.2, -0.15) is 10.2 Å². The van der Waals surface area contributed by atoms with Gasteiger partial charge in [-0.3, -0.25) is 0 Å². The fourth-order valence-corrected chi connectivity index (χ4v) is 6.37. The van der Waals surface area contributed by atoms with Crippen molar-refractivity contribution in [3.63, 3.8) is 0 Å². The van der Waals surface area contributed by atoms with Crippen LogP contribution in [0.1, 0.15) is 48.5 Å². The van der Waals surface area contributed by atoms with Crippen molar-refractivity contribution < 1.29 is 41.0 Å². The van der Waals surface area contributed by atoms with Gasteiger partial charge in [-0.25, -0.2) is 46.1 Å². The minimum absolute atomic E-state index is 0.199. The summed E-state index contributed by atoms with van der Waals surface area (Å²) < 4.78 is 67.1. The van der Waals surface area contributed by atoms with Crippen molar-refractivity contribution in [2.24, 2.45) is 0 Å². The first-order valence-electron chi connectivity index (χ1n) is 18.5. The van der Waals surface area contributed by atoms with E-state index in [-0.39, 0.29) is 10.6 Å². The van der Waals surface area contributed by atoms with E-state index in [0.29, 0.717) is 54.3 Å². The molecule has 5 aromatic carbocycles. The van der Waals surface area contributed by atoms with E-state index in [1.54, 1.807) is 71.4 Å². The highest BCUT2D eigenvalue weighted by atomic mass is 35.7. The number of aromatic nitrogens is 6. The molecule has 0 aliphatic carbocycles. The van der Waals surface area contributed by atoms with Gasteiger partial charge < -0.3 is 25.3 Å². The molecule has 0 radical (unpaired) electrons. The summed E-state index contributed by atoms with van der Waals surface area (Å²) in [5.41, 5.74) is 11.6. The number of nitrogen functional groups attached to an aromatic ring is 1. The Balaban J connectivity index is 0.000000207. The SMILES string of the molecule is COC(=O)c1cc(Cn2cncn2)cc(NCc2ccc(OCc3ccccc3)c(F)c2)c1.COC(=O)c1cc(N)cc(Cn2cncn2)c1.Cc1ccc(S(=O)(=O)Cl)cc1F. The molecule has 7 aromatic rings. The summed E-state index contributed by atoms with van der Waals surface area (Å²) in [4.78, 5) is 31.1. The second kappa shape index (κ2) is 21.9. The molecule has 62 heavy (non-hydrogen) atoms. The average molecular weight is 887 g/mol. The molecule has 0 saturated carbocycles. The number of methoxy groups -OCH3 is 2. The van der Waals surface area contributed by atoms with Crippen LogP contribution < -0.4 is 15.8 Å². The Kier molecular flexibility index (Phi) is 16.2. The van der Waals surface area contributed by atoms with Crippen LogP contribution in [0.25, 0.3) is 0 Å². The lowest BCUT2D eigenvalue weighted by Crippen LogP contribution is -2.08. The third-order valence-electron chi connectivity index (χ3n) is 8.63. The number of benzene rings is 5. The number of nitrogens with one attached hydrogen (secondary N) is 1. The van der Waals surface area contributed by atoms with Crippen molar-refractivity contribution in [1.82, 2.24) is 29.5 Å². The minimum atomic E-state index is -3.81.